The van der Waals surface area contributed by atoms with E-state index in [0.29, 0.717) is 12.0 Å². The second kappa shape index (κ2) is 8.26. The van der Waals surface area contributed by atoms with E-state index in [9.17, 15) is 14.7 Å². The fraction of sp³-hybridized carbons (Fsp3) is 0.263. The molecule has 24 heavy (non-hydrogen) atoms. The molecule has 0 radical (unpaired) electrons. The normalized spacial score (nSPS) is 13.0. The third-order valence-electron chi connectivity index (χ3n) is 3.85. The summed E-state index contributed by atoms with van der Waals surface area (Å²) in [5.41, 5.74) is 2.42. The minimum Gasteiger partial charge on any atom is -0.467 e. The summed E-state index contributed by atoms with van der Waals surface area (Å²) in [7, 11) is 1.27. The highest BCUT2D eigenvalue weighted by Crippen LogP contribution is 2.14. The molecule has 0 aliphatic heterocycles. The topological polar surface area (TPSA) is 75.6 Å². The molecule has 2 aromatic carbocycles. The number of ether oxygens (including phenoxy) is 1. The van der Waals surface area contributed by atoms with E-state index in [1.165, 1.54) is 7.11 Å². The fourth-order valence-electron chi connectivity index (χ4n) is 2.43. The quantitative estimate of drug-likeness (QED) is 0.795. The Morgan fingerprint density at radius 1 is 1.08 bits per heavy atom. The SMILES string of the molecule is COC(=O)[C@H](Cc1ccccc1C)NC(=O)[C@@H](O)c1ccccc1. The second-order valence-electron chi connectivity index (χ2n) is 5.53. The molecule has 5 heteroatoms. The van der Waals surface area contributed by atoms with Crippen LogP contribution in [0.25, 0.3) is 0 Å². The summed E-state index contributed by atoms with van der Waals surface area (Å²) in [5.74, 6) is -1.18. The van der Waals surface area contributed by atoms with Crippen molar-refractivity contribution in [2.75, 3.05) is 7.11 Å². The number of carbonyl (C=O) groups is 2. The Labute approximate surface area is 141 Å². The van der Waals surface area contributed by atoms with E-state index in [1.54, 1.807) is 30.3 Å². The van der Waals surface area contributed by atoms with Gasteiger partial charge in [0.15, 0.2) is 6.10 Å². The van der Waals surface area contributed by atoms with Crippen LogP contribution in [0.3, 0.4) is 0 Å². The van der Waals surface area contributed by atoms with Gasteiger partial charge in [0.2, 0.25) is 0 Å². The van der Waals surface area contributed by atoms with Gasteiger partial charge in [0.25, 0.3) is 5.91 Å². The van der Waals surface area contributed by atoms with Crippen molar-refractivity contribution in [3.05, 3.63) is 71.3 Å². The van der Waals surface area contributed by atoms with Gasteiger partial charge in [-0.3, -0.25) is 4.79 Å². The molecule has 2 N–H and O–H groups in total. The number of amides is 1. The minimum absolute atomic E-state index is 0.298. The Morgan fingerprint density at radius 2 is 1.71 bits per heavy atom. The van der Waals surface area contributed by atoms with Crippen molar-refractivity contribution in [3.8, 4) is 0 Å². The molecule has 0 heterocycles. The van der Waals surface area contributed by atoms with Crippen LogP contribution in [0.2, 0.25) is 0 Å². The molecule has 0 aliphatic carbocycles. The van der Waals surface area contributed by atoms with Crippen LogP contribution in [0.5, 0.6) is 0 Å². The van der Waals surface area contributed by atoms with Crippen molar-refractivity contribution in [2.45, 2.75) is 25.5 Å². The van der Waals surface area contributed by atoms with E-state index in [1.807, 2.05) is 31.2 Å². The molecular formula is C19H21NO4. The van der Waals surface area contributed by atoms with Gasteiger partial charge in [-0.1, -0.05) is 54.6 Å². The van der Waals surface area contributed by atoms with E-state index in [4.69, 9.17) is 4.74 Å². The highest BCUT2D eigenvalue weighted by molar-refractivity contribution is 5.87. The van der Waals surface area contributed by atoms with Gasteiger partial charge in [0.1, 0.15) is 6.04 Å². The summed E-state index contributed by atoms with van der Waals surface area (Å²) < 4.78 is 4.78. The summed E-state index contributed by atoms with van der Waals surface area (Å²) in [6.45, 7) is 1.93. The smallest absolute Gasteiger partial charge is 0.328 e. The van der Waals surface area contributed by atoms with Crippen molar-refractivity contribution < 1.29 is 19.4 Å². The first-order chi connectivity index (χ1) is 11.5. The van der Waals surface area contributed by atoms with Crippen LogP contribution in [-0.4, -0.2) is 30.1 Å². The molecule has 0 unspecified atom stereocenters. The third kappa shape index (κ3) is 4.43. The number of hydrogen-bond donors (Lipinski definition) is 2. The summed E-state index contributed by atoms with van der Waals surface area (Å²) in [4.78, 5) is 24.3. The zero-order valence-electron chi connectivity index (χ0n) is 13.7. The predicted octanol–water partition coefficient (Wildman–Crippen LogP) is 1.93. The molecule has 2 aromatic rings. The van der Waals surface area contributed by atoms with E-state index >= 15 is 0 Å². The average Bonchev–Trinajstić information content (AvgIpc) is 2.62. The Balaban J connectivity index is 2.13. The molecule has 0 spiro atoms. The Hall–Kier alpha value is -2.66. The maximum Gasteiger partial charge on any atom is 0.328 e. The van der Waals surface area contributed by atoms with Crippen LogP contribution in [0, 0.1) is 6.92 Å². The molecule has 0 saturated heterocycles. The zero-order chi connectivity index (χ0) is 17.5. The zero-order valence-corrected chi connectivity index (χ0v) is 13.7. The summed E-state index contributed by atoms with van der Waals surface area (Å²) >= 11 is 0. The van der Waals surface area contributed by atoms with Gasteiger partial charge < -0.3 is 15.2 Å². The minimum atomic E-state index is -1.34. The van der Waals surface area contributed by atoms with Gasteiger partial charge in [-0.15, -0.1) is 0 Å². The summed E-state index contributed by atoms with van der Waals surface area (Å²) in [6, 6.07) is 15.3. The standard InChI is InChI=1S/C19H21NO4/c1-13-8-6-7-11-15(13)12-16(19(23)24-2)20-18(22)17(21)14-9-4-3-5-10-14/h3-11,16-17,21H,12H2,1-2H3,(H,20,22)/t16-,17-/m0/s1. The lowest BCUT2D eigenvalue weighted by atomic mass is 10.0. The highest BCUT2D eigenvalue weighted by atomic mass is 16.5. The molecule has 0 saturated carbocycles. The van der Waals surface area contributed by atoms with Crippen LogP contribution in [0.4, 0.5) is 0 Å². The molecule has 2 atom stereocenters. The molecule has 0 aromatic heterocycles. The number of hydrogen-bond acceptors (Lipinski definition) is 4. The number of benzene rings is 2. The van der Waals surface area contributed by atoms with E-state index in [-0.39, 0.29) is 0 Å². The molecule has 1 amide bonds. The van der Waals surface area contributed by atoms with Gasteiger partial charge in [-0.25, -0.2) is 4.79 Å². The lowest BCUT2D eigenvalue weighted by Crippen LogP contribution is -2.45. The number of aliphatic hydroxyl groups excluding tert-OH is 1. The van der Waals surface area contributed by atoms with Crippen LogP contribution in [0.15, 0.2) is 54.6 Å². The van der Waals surface area contributed by atoms with Crippen LogP contribution in [-0.2, 0) is 20.7 Å². The Kier molecular flexibility index (Phi) is 6.09. The van der Waals surface area contributed by atoms with Crippen molar-refractivity contribution in [2.24, 2.45) is 0 Å². The van der Waals surface area contributed by atoms with E-state index in [2.05, 4.69) is 5.32 Å². The monoisotopic (exact) mass is 327 g/mol. The molecule has 0 bridgehead atoms. The van der Waals surface area contributed by atoms with Gasteiger partial charge in [0, 0.05) is 6.42 Å². The largest absolute Gasteiger partial charge is 0.467 e. The first-order valence-electron chi connectivity index (χ1n) is 7.68. The van der Waals surface area contributed by atoms with Crippen molar-refractivity contribution in [1.29, 1.82) is 0 Å². The average molecular weight is 327 g/mol. The molecule has 2 rings (SSSR count). The number of aryl methyl sites for hydroxylation is 1. The fourth-order valence-corrected chi connectivity index (χ4v) is 2.43. The van der Waals surface area contributed by atoms with E-state index < -0.39 is 24.0 Å². The predicted molar refractivity (Wildman–Crippen MR) is 90.2 cm³/mol. The first kappa shape index (κ1) is 17.7. The van der Waals surface area contributed by atoms with Crippen LogP contribution < -0.4 is 5.32 Å². The maximum atomic E-state index is 12.3. The maximum absolute atomic E-state index is 12.3. The number of esters is 1. The molecule has 5 nitrogen and oxygen atoms in total. The van der Waals surface area contributed by atoms with Crippen LogP contribution in [0.1, 0.15) is 22.8 Å². The van der Waals surface area contributed by atoms with Crippen molar-refractivity contribution in [1.82, 2.24) is 5.32 Å². The highest BCUT2D eigenvalue weighted by Gasteiger charge is 2.26. The van der Waals surface area contributed by atoms with E-state index in [0.717, 1.165) is 11.1 Å². The molecule has 0 aliphatic rings. The van der Waals surface area contributed by atoms with Crippen molar-refractivity contribution in [3.63, 3.8) is 0 Å². The number of rotatable bonds is 6. The Morgan fingerprint density at radius 3 is 2.33 bits per heavy atom. The summed E-state index contributed by atoms with van der Waals surface area (Å²) in [5, 5.41) is 12.7. The summed E-state index contributed by atoms with van der Waals surface area (Å²) in [6.07, 6.45) is -1.04. The Bertz CT molecular complexity index is 700. The molecule has 126 valence electrons. The number of carbonyl (C=O) groups excluding carboxylic acids is 2. The lowest BCUT2D eigenvalue weighted by molar-refractivity contribution is -0.146. The molecular weight excluding hydrogens is 306 g/mol. The number of nitrogens with one attached hydrogen (secondary N) is 1. The lowest BCUT2D eigenvalue weighted by Gasteiger charge is -2.19. The van der Waals surface area contributed by atoms with Gasteiger partial charge in [-0.2, -0.15) is 0 Å². The number of methoxy groups -OCH3 is 1. The third-order valence-corrected chi connectivity index (χ3v) is 3.85. The van der Waals surface area contributed by atoms with Crippen LogP contribution >= 0.6 is 0 Å². The molecule has 0 fully saturated rings. The number of aliphatic hydroxyl groups is 1. The van der Waals surface area contributed by atoms with Crippen molar-refractivity contribution >= 4 is 11.9 Å². The van der Waals surface area contributed by atoms with Gasteiger partial charge in [0.05, 0.1) is 7.11 Å². The first-order valence-corrected chi connectivity index (χ1v) is 7.68. The van der Waals surface area contributed by atoms with Gasteiger partial charge >= 0.3 is 5.97 Å². The van der Waals surface area contributed by atoms with Gasteiger partial charge in [-0.05, 0) is 23.6 Å². The second-order valence-corrected chi connectivity index (χ2v) is 5.53.